The zero-order chi connectivity index (χ0) is 17.4. The van der Waals surface area contributed by atoms with E-state index >= 15 is 0 Å². The second kappa shape index (κ2) is 9.76. The molecule has 1 aromatic rings. The molecule has 0 radical (unpaired) electrons. The number of nitrogens with zero attached hydrogens (tertiary/aromatic N) is 3. The maximum atomic E-state index is 11.8. The molecule has 2 N–H and O–H groups in total. The van der Waals surface area contributed by atoms with Crippen LogP contribution in [0, 0.1) is 0 Å². The lowest BCUT2D eigenvalue weighted by Crippen LogP contribution is -2.48. The molecule has 1 unspecified atom stereocenters. The summed E-state index contributed by atoms with van der Waals surface area (Å²) in [7, 11) is 0. The first-order valence-electron chi connectivity index (χ1n) is 8.97. The van der Waals surface area contributed by atoms with Gasteiger partial charge in [0.05, 0.1) is 12.6 Å². The predicted molar refractivity (Wildman–Crippen MR) is 91.8 cm³/mol. The SMILES string of the molecule is CCCNC(=O)c1coc(CN2CCN(CC(O)CCC)CC2)n1. The van der Waals surface area contributed by atoms with Crippen molar-refractivity contribution in [2.75, 3.05) is 39.3 Å². The molecule has 0 aromatic carbocycles. The summed E-state index contributed by atoms with van der Waals surface area (Å²) in [4.78, 5) is 20.7. The van der Waals surface area contributed by atoms with Gasteiger partial charge in [-0.3, -0.25) is 14.6 Å². The summed E-state index contributed by atoms with van der Waals surface area (Å²) >= 11 is 0. The summed E-state index contributed by atoms with van der Waals surface area (Å²) in [5.41, 5.74) is 0.347. The molecule has 1 fully saturated rings. The van der Waals surface area contributed by atoms with Crippen LogP contribution in [0.3, 0.4) is 0 Å². The smallest absolute Gasteiger partial charge is 0.273 e. The second-order valence-electron chi connectivity index (χ2n) is 6.40. The van der Waals surface area contributed by atoms with E-state index in [4.69, 9.17) is 4.42 Å². The highest BCUT2D eigenvalue weighted by molar-refractivity contribution is 5.91. The normalized spacial score (nSPS) is 17.8. The molecule has 7 heteroatoms. The molecule has 2 heterocycles. The van der Waals surface area contributed by atoms with E-state index in [1.807, 2.05) is 6.92 Å². The van der Waals surface area contributed by atoms with Gasteiger partial charge in [-0.15, -0.1) is 0 Å². The van der Waals surface area contributed by atoms with Crippen molar-refractivity contribution in [2.45, 2.75) is 45.8 Å². The number of aliphatic hydroxyl groups excluding tert-OH is 1. The van der Waals surface area contributed by atoms with E-state index in [0.717, 1.165) is 52.0 Å². The number of carbonyl (C=O) groups excluding carboxylic acids is 1. The van der Waals surface area contributed by atoms with Gasteiger partial charge < -0.3 is 14.8 Å². The van der Waals surface area contributed by atoms with Crippen LogP contribution in [0.15, 0.2) is 10.7 Å². The molecule has 24 heavy (non-hydrogen) atoms. The number of aromatic nitrogens is 1. The second-order valence-corrected chi connectivity index (χ2v) is 6.40. The van der Waals surface area contributed by atoms with Gasteiger partial charge in [-0.05, 0) is 12.8 Å². The first-order valence-corrected chi connectivity index (χ1v) is 8.97. The van der Waals surface area contributed by atoms with Crippen molar-refractivity contribution < 1.29 is 14.3 Å². The Bertz CT molecular complexity index is 498. The molecular weight excluding hydrogens is 308 g/mol. The summed E-state index contributed by atoms with van der Waals surface area (Å²) in [6, 6.07) is 0. The van der Waals surface area contributed by atoms with Crippen LogP contribution in [0.1, 0.15) is 49.5 Å². The van der Waals surface area contributed by atoms with E-state index in [-0.39, 0.29) is 12.0 Å². The van der Waals surface area contributed by atoms with Crippen molar-refractivity contribution in [3.8, 4) is 0 Å². The average molecular weight is 338 g/mol. The first-order chi connectivity index (χ1) is 11.6. The van der Waals surface area contributed by atoms with Crippen molar-refractivity contribution in [2.24, 2.45) is 0 Å². The van der Waals surface area contributed by atoms with Gasteiger partial charge >= 0.3 is 0 Å². The Kier molecular flexibility index (Phi) is 7.68. The summed E-state index contributed by atoms with van der Waals surface area (Å²) < 4.78 is 5.42. The lowest BCUT2D eigenvalue weighted by molar-refractivity contribution is 0.0634. The quantitative estimate of drug-likeness (QED) is 0.701. The Hall–Kier alpha value is -1.44. The van der Waals surface area contributed by atoms with Gasteiger partial charge in [0.2, 0.25) is 5.89 Å². The largest absolute Gasteiger partial charge is 0.447 e. The van der Waals surface area contributed by atoms with Crippen LogP contribution in [-0.4, -0.2) is 71.2 Å². The standard InChI is InChI=1S/C17H30N4O3/c1-3-5-14(22)11-20-7-9-21(10-8-20)12-16-19-15(13-24-16)17(23)18-6-4-2/h13-14,22H,3-12H2,1-2H3,(H,18,23). The Balaban J connectivity index is 1.74. The molecule has 0 spiro atoms. The molecular formula is C17H30N4O3. The zero-order valence-corrected chi connectivity index (χ0v) is 14.8. The zero-order valence-electron chi connectivity index (χ0n) is 14.8. The summed E-state index contributed by atoms with van der Waals surface area (Å²) in [6.45, 7) is 9.82. The van der Waals surface area contributed by atoms with Crippen LogP contribution in [0.25, 0.3) is 0 Å². The summed E-state index contributed by atoms with van der Waals surface area (Å²) in [6.07, 6.45) is 3.97. The number of hydrogen-bond donors (Lipinski definition) is 2. The molecule has 7 nitrogen and oxygen atoms in total. The third-order valence-electron chi connectivity index (χ3n) is 4.23. The monoisotopic (exact) mass is 338 g/mol. The summed E-state index contributed by atoms with van der Waals surface area (Å²) in [5.74, 6) is 0.401. The van der Waals surface area contributed by atoms with Gasteiger partial charge in [0, 0.05) is 39.3 Å². The molecule has 2 rings (SSSR count). The van der Waals surface area contributed by atoms with Crippen LogP contribution < -0.4 is 5.32 Å². The third-order valence-corrected chi connectivity index (χ3v) is 4.23. The van der Waals surface area contributed by atoms with E-state index in [1.165, 1.54) is 6.26 Å². The molecule has 136 valence electrons. The van der Waals surface area contributed by atoms with E-state index in [1.54, 1.807) is 0 Å². The molecule has 1 atom stereocenters. The molecule has 1 amide bonds. The molecule has 0 saturated carbocycles. The van der Waals surface area contributed by atoms with Crippen LogP contribution >= 0.6 is 0 Å². The van der Waals surface area contributed by atoms with E-state index < -0.39 is 0 Å². The highest BCUT2D eigenvalue weighted by atomic mass is 16.3. The number of piperazine rings is 1. The topological polar surface area (TPSA) is 81.8 Å². The molecule has 1 aliphatic rings. The maximum absolute atomic E-state index is 11.8. The number of β-amino-alcohol motifs (C(OH)–C–C–N with tert-alkyl or cyclic N) is 1. The highest BCUT2D eigenvalue weighted by Gasteiger charge is 2.21. The number of rotatable bonds is 9. The molecule has 0 bridgehead atoms. The lowest BCUT2D eigenvalue weighted by Gasteiger charge is -2.34. The van der Waals surface area contributed by atoms with Gasteiger partial charge in [-0.2, -0.15) is 0 Å². The van der Waals surface area contributed by atoms with Crippen LogP contribution in [0.5, 0.6) is 0 Å². The van der Waals surface area contributed by atoms with Gasteiger partial charge in [0.25, 0.3) is 5.91 Å². The van der Waals surface area contributed by atoms with Crippen molar-refractivity contribution >= 4 is 5.91 Å². The number of aliphatic hydroxyl groups is 1. The van der Waals surface area contributed by atoms with E-state index in [9.17, 15) is 9.90 Å². The van der Waals surface area contributed by atoms with Gasteiger partial charge in [-0.25, -0.2) is 4.98 Å². The van der Waals surface area contributed by atoms with Crippen molar-refractivity contribution in [3.05, 3.63) is 17.8 Å². The minimum Gasteiger partial charge on any atom is -0.447 e. The number of oxazole rings is 1. The van der Waals surface area contributed by atoms with Gasteiger partial charge in [-0.1, -0.05) is 20.3 Å². The maximum Gasteiger partial charge on any atom is 0.273 e. The fourth-order valence-corrected chi connectivity index (χ4v) is 2.86. The predicted octanol–water partition coefficient (Wildman–Crippen LogP) is 1.09. The number of nitrogens with one attached hydrogen (secondary N) is 1. The molecule has 1 aromatic heterocycles. The minimum absolute atomic E-state index is 0.179. The van der Waals surface area contributed by atoms with E-state index in [2.05, 4.69) is 27.0 Å². The number of carbonyl (C=O) groups is 1. The number of hydrogen-bond acceptors (Lipinski definition) is 6. The first kappa shape index (κ1) is 18.9. The number of amides is 1. The van der Waals surface area contributed by atoms with Crippen molar-refractivity contribution in [1.29, 1.82) is 0 Å². The Morgan fingerprint density at radius 3 is 2.67 bits per heavy atom. The van der Waals surface area contributed by atoms with Gasteiger partial charge in [0.15, 0.2) is 5.69 Å². The molecule has 1 saturated heterocycles. The molecule has 1 aliphatic heterocycles. The Morgan fingerprint density at radius 1 is 1.29 bits per heavy atom. The average Bonchev–Trinajstić information content (AvgIpc) is 3.03. The lowest BCUT2D eigenvalue weighted by atomic mass is 10.2. The van der Waals surface area contributed by atoms with E-state index in [0.29, 0.717) is 24.7 Å². The van der Waals surface area contributed by atoms with Gasteiger partial charge in [0.1, 0.15) is 6.26 Å². The third kappa shape index (κ3) is 5.89. The fraction of sp³-hybridized carbons (Fsp3) is 0.765. The van der Waals surface area contributed by atoms with Crippen molar-refractivity contribution in [3.63, 3.8) is 0 Å². The Labute approximate surface area is 144 Å². The minimum atomic E-state index is -0.225. The molecule has 0 aliphatic carbocycles. The summed E-state index contributed by atoms with van der Waals surface area (Å²) in [5, 5.41) is 12.7. The van der Waals surface area contributed by atoms with Crippen LogP contribution in [0.4, 0.5) is 0 Å². The fourth-order valence-electron chi connectivity index (χ4n) is 2.86. The highest BCUT2D eigenvalue weighted by Crippen LogP contribution is 2.10. The van der Waals surface area contributed by atoms with Crippen LogP contribution in [0.2, 0.25) is 0 Å². The Morgan fingerprint density at radius 2 is 2.00 bits per heavy atom. The van der Waals surface area contributed by atoms with Crippen molar-refractivity contribution in [1.82, 2.24) is 20.1 Å². The van der Waals surface area contributed by atoms with Crippen LogP contribution in [-0.2, 0) is 6.54 Å².